The number of ether oxygens (including phenoxy) is 3. The number of hydrogen-bond donors (Lipinski definition) is 1. The summed E-state index contributed by atoms with van der Waals surface area (Å²) in [5, 5.41) is 2.97. The Labute approximate surface area is 155 Å². The van der Waals surface area contributed by atoms with E-state index in [0.29, 0.717) is 17.2 Å². The lowest BCUT2D eigenvalue weighted by molar-refractivity contribution is -0.127. The van der Waals surface area contributed by atoms with Crippen LogP contribution in [-0.4, -0.2) is 26.2 Å². The molecule has 2 aromatic rings. The molecule has 2 aromatic carbocycles. The lowest BCUT2D eigenvalue weighted by Gasteiger charge is -2.21. The van der Waals surface area contributed by atoms with Crippen LogP contribution in [0.5, 0.6) is 17.2 Å². The van der Waals surface area contributed by atoms with E-state index in [-0.39, 0.29) is 11.9 Å². The third kappa shape index (κ3) is 4.69. The molecule has 0 aliphatic heterocycles. The van der Waals surface area contributed by atoms with Crippen LogP contribution in [0.1, 0.15) is 36.6 Å². The van der Waals surface area contributed by atoms with E-state index in [4.69, 9.17) is 14.2 Å². The highest BCUT2D eigenvalue weighted by atomic mass is 16.5. The zero-order valence-electron chi connectivity index (χ0n) is 16.3. The highest BCUT2D eigenvalue weighted by Gasteiger charge is 2.20. The van der Waals surface area contributed by atoms with Crippen molar-refractivity contribution in [1.82, 2.24) is 5.32 Å². The van der Waals surface area contributed by atoms with E-state index in [1.54, 1.807) is 21.1 Å². The van der Waals surface area contributed by atoms with Crippen LogP contribution in [0.3, 0.4) is 0 Å². The monoisotopic (exact) mass is 357 g/mol. The number of hydrogen-bond acceptors (Lipinski definition) is 4. The van der Waals surface area contributed by atoms with Crippen molar-refractivity contribution in [2.75, 3.05) is 14.2 Å². The summed E-state index contributed by atoms with van der Waals surface area (Å²) in [7, 11) is 3.21. The molecule has 5 heteroatoms. The van der Waals surface area contributed by atoms with Crippen LogP contribution in [0.15, 0.2) is 36.4 Å². The van der Waals surface area contributed by atoms with Gasteiger partial charge in [0.25, 0.3) is 5.91 Å². The normalized spacial score (nSPS) is 12.8. The molecule has 0 saturated carbocycles. The summed E-state index contributed by atoms with van der Waals surface area (Å²) in [6.07, 6.45) is -0.615. The lowest BCUT2D eigenvalue weighted by Crippen LogP contribution is -2.38. The number of methoxy groups -OCH3 is 2. The van der Waals surface area contributed by atoms with Crippen molar-refractivity contribution in [3.05, 3.63) is 53.1 Å². The van der Waals surface area contributed by atoms with E-state index in [2.05, 4.69) is 5.32 Å². The molecule has 140 valence electrons. The first-order valence-electron chi connectivity index (χ1n) is 8.62. The standard InChI is InChI=1S/C21H27NO4/c1-13-7-9-19(14(2)11-13)26-16(4)21(23)22-15(3)18-12-17(24-5)8-10-20(18)25-6/h7-12,15-16H,1-6H3,(H,22,23)/t15-,16-/m0/s1. The zero-order valence-corrected chi connectivity index (χ0v) is 16.3. The van der Waals surface area contributed by atoms with Crippen LogP contribution in [0.2, 0.25) is 0 Å². The van der Waals surface area contributed by atoms with Crippen molar-refractivity contribution in [2.24, 2.45) is 0 Å². The minimum Gasteiger partial charge on any atom is -0.497 e. The number of nitrogens with one attached hydrogen (secondary N) is 1. The molecule has 0 radical (unpaired) electrons. The molecule has 0 heterocycles. The Morgan fingerprint density at radius 1 is 0.962 bits per heavy atom. The van der Waals surface area contributed by atoms with Crippen molar-refractivity contribution in [3.8, 4) is 17.2 Å². The van der Waals surface area contributed by atoms with Gasteiger partial charge in [0.15, 0.2) is 6.10 Å². The Kier molecular flexibility index (Phi) is 6.50. The van der Waals surface area contributed by atoms with Crippen molar-refractivity contribution in [1.29, 1.82) is 0 Å². The Morgan fingerprint density at radius 2 is 1.65 bits per heavy atom. The van der Waals surface area contributed by atoms with Gasteiger partial charge in [-0.2, -0.15) is 0 Å². The van der Waals surface area contributed by atoms with Gasteiger partial charge in [0.2, 0.25) is 0 Å². The van der Waals surface area contributed by atoms with E-state index >= 15 is 0 Å². The fourth-order valence-electron chi connectivity index (χ4n) is 2.76. The molecule has 5 nitrogen and oxygen atoms in total. The third-order valence-electron chi connectivity index (χ3n) is 4.27. The molecule has 1 N–H and O–H groups in total. The maximum absolute atomic E-state index is 12.6. The molecule has 26 heavy (non-hydrogen) atoms. The second kappa shape index (κ2) is 8.61. The first-order valence-corrected chi connectivity index (χ1v) is 8.62. The van der Waals surface area contributed by atoms with Crippen molar-refractivity contribution >= 4 is 5.91 Å². The lowest BCUT2D eigenvalue weighted by atomic mass is 10.1. The summed E-state index contributed by atoms with van der Waals surface area (Å²) in [5.74, 6) is 1.93. The highest BCUT2D eigenvalue weighted by Crippen LogP contribution is 2.29. The van der Waals surface area contributed by atoms with Gasteiger partial charge in [-0.3, -0.25) is 4.79 Å². The van der Waals surface area contributed by atoms with Crippen LogP contribution >= 0.6 is 0 Å². The Hall–Kier alpha value is -2.69. The molecular formula is C21H27NO4. The van der Waals surface area contributed by atoms with Crippen molar-refractivity contribution < 1.29 is 19.0 Å². The molecular weight excluding hydrogens is 330 g/mol. The SMILES string of the molecule is COc1ccc(OC)c([C@H](C)NC(=O)[C@H](C)Oc2ccc(C)cc2C)c1. The smallest absolute Gasteiger partial charge is 0.261 e. The maximum atomic E-state index is 12.6. The van der Waals surface area contributed by atoms with E-state index < -0.39 is 6.10 Å². The number of amides is 1. The summed E-state index contributed by atoms with van der Waals surface area (Å²) < 4.78 is 16.5. The Balaban J connectivity index is 2.08. The van der Waals surface area contributed by atoms with Crippen LogP contribution in [0.25, 0.3) is 0 Å². The fraction of sp³-hybridized carbons (Fsp3) is 0.381. The van der Waals surface area contributed by atoms with Gasteiger partial charge in [-0.1, -0.05) is 17.7 Å². The minimum atomic E-state index is -0.615. The van der Waals surface area contributed by atoms with Gasteiger partial charge in [0.05, 0.1) is 20.3 Å². The largest absolute Gasteiger partial charge is 0.497 e. The predicted molar refractivity (Wildman–Crippen MR) is 102 cm³/mol. The molecule has 2 rings (SSSR count). The summed E-state index contributed by atoms with van der Waals surface area (Å²) in [6, 6.07) is 11.1. The van der Waals surface area contributed by atoms with Gasteiger partial charge in [0, 0.05) is 5.56 Å². The highest BCUT2D eigenvalue weighted by molar-refractivity contribution is 5.81. The zero-order chi connectivity index (χ0) is 19.3. The van der Waals surface area contributed by atoms with Gasteiger partial charge < -0.3 is 19.5 Å². The Morgan fingerprint density at radius 3 is 2.27 bits per heavy atom. The van der Waals surface area contributed by atoms with Crippen LogP contribution in [0.4, 0.5) is 0 Å². The van der Waals surface area contributed by atoms with E-state index in [1.807, 2.05) is 57.2 Å². The van der Waals surface area contributed by atoms with E-state index in [1.165, 1.54) is 0 Å². The first kappa shape index (κ1) is 19.6. The topological polar surface area (TPSA) is 56.8 Å². The number of carbonyl (C=O) groups excluding carboxylic acids is 1. The van der Waals surface area contributed by atoms with Gasteiger partial charge >= 0.3 is 0 Å². The van der Waals surface area contributed by atoms with E-state index in [0.717, 1.165) is 16.7 Å². The number of aryl methyl sites for hydroxylation is 2. The van der Waals surface area contributed by atoms with Crippen LogP contribution in [-0.2, 0) is 4.79 Å². The Bertz CT molecular complexity index is 773. The first-order chi connectivity index (χ1) is 12.3. The minimum absolute atomic E-state index is 0.192. The molecule has 1 amide bonds. The van der Waals surface area contributed by atoms with Crippen LogP contribution in [0, 0.1) is 13.8 Å². The van der Waals surface area contributed by atoms with E-state index in [9.17, 15) is 4.79 Å². The quantitative estimate of drug-likeness (QED) is 0.815. The van der Waals surface area contributed by atoms with Gasteiger partial charge in [0.1, 0.15) is 17.2 Å². The van der Waals surface area contributed by atoms with Gasteiger partial charge in [-0.25, -0.2) is 0 Å². The molecule has 0 bridgehead atoms. The second-order valence-corrected chi connectivity index (χ2v) is 6.37. The van der Waals surface area contributed by atoms with Crippen LogP contribution < -0.4 is 19.5 Å². The summed E-state index contributed by atoms with van der Waals surface area (Å²) in [5.41, 5.74) is 3.01. The molecule has 2 atom stereocenters. The number of carbonyl (C=O) groups is 1. The van der Waals surface area contributed by atoms with Gasteiger partial charge in [-0.05, 0) is 57.5 Å². The van der Waals surface area contributed by atoms with Crippen molar-refractivity contribution in [2.45, 2.75) is 39.8 Å². The average Bonchev–Trinajstić information content (AvgIpc) is 2.63. The summed E-state index contributed by atoms with van der Waals surface area (Å²) in [4.78, 5) is 12.6. The molecule has 0 aromatic heterocycles. The summed E-state index contributed by atoms with van der Waals surface area (Å²) in [6.45, 7) is 7.63. The predicted octanol–water partition coefficient (Wildman–Crippen LogP) is 3.97. The van der Waals surface area contributed by atoms with Gasteiger partial charge in [-0.15, -0.1) is 0 Å². The second-order valence-electron chi connectivity index (χ2n) is 6.37. The molecule has 0 saturated heterocycles. The number of rotatable bonds is 7. The molecule has 0 spiro atoms. The fourth-order valence-corrected chi connectivity index (χ4v) is 2.76. The molecule has 0 aliphatic carbocycles. The molecule has 0 aliphatic rings. The molecule has 0 fully saturated rings. The number of benzene rings is 2. The maximum Gasteiger partial charge on any atom is 0.261 e. The average molecular weight is 357 g/mol. The summed E-state index contributed by atoms with van der Waals surface area (Å²) >= 11 is 0. The molecule has 0 unspecified atom stereocenters. The third-order valence-corrected chi connectivity index (χ3v) is 4.27. The van der Waals surface area contributed by atoms with Crippen molar-refractivity contribution in [3.63, 3.8) is 0 Å².